The van der Waals surface area contributed by atoms with Gasteiger partial charge in [0.25, 0.3) is 5.56 Å². The first-order valence-electron chi connectivity index (χ1n) is 10.0. The molecular weight excluding hydrogens is 344 g/mol. The lowest BCUT2D eigenvalue weighted by atomic mass is 9.78. The number of carbonyl (C=O) groups excluding carboxylic acids is 2. The molecule has 0 bridgehead atoms. The number of aryl methyl sites for hydroxylation is 2. The predicted molar refractivity (Wildman–Crippen MR) is 100 cm³/mol. The average molecular weight is 372 g/mol. The van der Waals surface area contributed by atoms with Crippen molar-refractivity contribution in [3.8, 4) is 0 Å². The summed E-state index contributed by atoms with van der Waals surface area (Å²) in [5, 5.41) is 4.24. The Balaban J connectivity index is 1.44. The van der Waals surface area contributed by atoms with Gasteiger partial charge in [-0.25, -0.2) is 4.68 Å². The Hall–Kier alpha value is -2.18. The molecule has 27 heavy (non-hydrogen) atoms. The van der Waals surface area contributed by atoms with Crippen LogP contribution in [0, 0.1) is 25.2 Å². The van der Waals surface area contributed by atoms with Crippen LogP contribution in [0.4, 0.5) is 0 Å². The number of piperidine rings is 1. The third kappa shape index (κ3) is 3.51. The number of nitrogens with zero attached hydrogens (tertiary/aromatic N) is 4. The molecule has 1 aliphatic carbocycles. The number of amides is 2. The molecule has 4 rings (SSSR count). The van der Waals surface area contributed by atoms with Gasteiger partial charge in [-0.3, -0.25) is 14.4 Å². The fourth-order valence-corrected chi connectivity index (χ4v) is 4.42. The SMILES string of the molecule is Cc1cc(=O)n(CC(=O)N2CC[C@]3(CCCN(CC4CC4)C3=O)C2)nc1C. The topological polar surface area (TPSA) is 75.5 Å². The van der Waals surface area contributed by atoms with Crippen molar-refractivity contribution < 1.29 is 9.59 Å². The highest BCUT2D eigenvalue weighted by molar-refractivity contribution is 5.86. The Morgan fingerprint density at radius 2 is 2.00 bits per heavy atom. The first kappa shape index (κ1) is 18.2. The molecule has 1 saturated carbocycles. The molecule has 146 valence electrons. The lowest BCUT2D eigenvalue weighted by Gasteiger charge is -2.39. The van der Waals surface area contributed by atoms with Gasteiger partial charge in [-0.1, -0.05) is 0 Å². The molecule has 0 radical (unpaired) electrons. The van der Waals surface area contributed by atoms with E-state index in [0.717, 1.165) is 43.6 Å². The molecule has 2 aliphatic heterocycles. The summed E-state index contributed by atoms with van der Waals surface area (Å²) in [6.07, 6.45) is 5.07. The van der Waals surface area contributed by atoms with Gasteiger partial charge in [0.2, 0.25) is 11.8 Å². The number of rotatable bonds is 4. The Labute approximate surface area is 159 Å². The summed E-state index contributed by atoms with van der Waals surface area (Å²) in [6.45, 7) is 6.41. The zero-order chi connectivity index (χ0) is 19.2. The summed E-state index contributed by atoms with van der Waals surface area (Å²) in [6, 6.07) is 1.52. The van der Waals surface area contributed by atoms with Crippen LogP contribution in [0.2, 0.25) is 0 Å². The smallest absolute Gasteiger partial charge is 0.267 e. The number of likely N-dealkylation sites (tertiary alicyclic amines) is 2. The fraction of sp³-hybridized carbons (Fsp3) is 0.700. The number of hydrogen-bond donors (Lipinski definition) is 0. The van der Waals surface area contributed by atoms with Gasteiger partial charge in [0.15, 0.2) is 0 Å². The van der Waals surface area contributed by atoms with E-state index >= 15 is 0 Å². The van der Waals surface area contributed by atoms with Crippen molar-refractivity contribution in [1.29, 1.82) is 0 Å². The normalized spacial score (nSPS) is 25.5. The lowest BCUT2D eigenvalue weighted by molar-refractivity contribution is -0.146. The Morgan fingerprint density at radius 3 is 2.74 bits per heavy atom. The minimum absolute atomic E-state index is 0.0595. The van der Waals surface area contributed by atoms with Crippen molar-refractivity contribution in [2.45, 2.75) is 52.5 Å². The first-order valence-corrected chi connectivity index (χ1v) is 10.0. The van der Waals surface area contributed by atoms with E-state index in [-0.39, 0.29) is 23.9 Å². The van der Waals surface area contributed by atoms with Gasteiger partial charge in [0.1, 0.15) is 6.54 Å². The summed E-state index contributed by atoms with van der Waals surface area (Å²) in [5.41, 5.74) is 0.903. The van der Waals surface area contributed by atoms with Crippen LogP contribution in [-0.2, 0) is 16.1 Å². The monoisotopic (exact) mass is 372 g/mol. The molecule has 3 heterocycles. The molecule has 1 aromatic rings. The van der Waals surface area contributed by atoms with Crippen LogP contribution < -0.4 is 5.56 Å². The van der Waals surface area contributed by atoms with E-state index in [1.807, 2.05) is 18.7 Å². The van der Waals surface area contributed by atoms with Crippen LogP contribution in [0.15, 0.2) is 10.9 Å². The molecule has 0 N–H and O–H groups in total. The summed E-state index contributed by atoms with van der Waals surface area (Å²) in [5.74, 6) is 0.792. The molecule has 2 saturated heterocycles. The van der Waals surface area contributed by atoms with Crippen molar-refractivity contribution in [2.24, 2.45) is 11.3 Å². The minimum atomic E-state index is -0.412. The number of aromatic nitrogens is 2. The summed E-state index contributed by atoms with van der Waals surface area (Å²) >= 11 is 0. The molecule has 0 unspecified atom stereocenters. The van der Waals surface area contributed by atoms with Gasteiger partial charge in [-0.15, -0.1) is 0 Å². The van der Waals surface area contributed by atoms with E-state index in [0.29, 0.717) is 19.0 Å². The standard InChI is InChI=1S/C20H28N4O3/c1-14-10-17(25)24(21-15(14)2)12-18(26)23-9-7-20(13-23)6-3-8-22(19(20)27)11-16-4-5-16/h10,16H,3-9,11-13H2,1-2H3/t20-/m1/s1. The van der Waals surface area contributed by atoms with Crippen molar-refractivity contribution in [2.75, 3.05) is 26.2 Å². The molecule has 0 aromatic carbocycles. The second-order valence-corrected chi connectivity index (χ2v) is 8.55. The van der Waals surface area contributed by atoms with Crippen LogP contribution in [0.5, 0.6) is 0 Å². The van der Waals surface area contributed by atoms with E-state index in [4.69, 9.17) is 0 Å². The second-order valence-electron chi connectivity index (χ2n) is 8.55. The van der Waals surface area contributed by atoms with Crippen molar-refractivity contribution in [1.82, 2.24) is 19.6 Å². The van der Waals surface area contributed by atoms with E-state index < -0.39 is 5.41 Å². The summed E-state index contributed by atoms with van der Waals surface area (Å²) < 4.78 is 1.23. The Bertz CT molecular complexity index is 829. The maximum atomic E-state index is 13.1. The molecular formula is C20H28N4O3. The van der Waals surface area contributed by atoms with Gasteiger partial charge in [-0.05, 0) is 57.4 Å². The average Bonchev–Trinajstić information content (AvgIpc) is 3.34. The summed E-state index contributed by atoms with van der Waals surface area (Å²) in [4.78, 5) is 41.8. The van der Waals surface area contributed by atoms with Gasteiger partial charge in [-0.2, -0.15) is 5.10 Å². The van der Waals surface area contributed by atoms with Gasteiger partial charge >= 0.3 is 0 Å². The largest absolute Gasteiger partial charge is 0.342 e. The van der Waals surface area contributed by atoms with E-state index in [9.17, 15) is 14.4 Å². The van der Waals surface area contributed by atoms with Crippen LogP contribution in [0.25, 0.3) is 0 Å². The molecule has 1 aromatic heterocycles. The predicted octanol–water partition coefficient (Wildman–Crippen LogP) is 1.11. The van der Waals surface area contributed by atoms with Crippen LogP contribution in [-0.4, -0.2) is 57.6 Å². The number of carbonyl (C=O) groups is 2. The molecule has 2 amide bonds. The molecule has 1 spiro atoms. The zero-order valence-electron chi connectivity index (χ0n) is 16.2. The van der Waals surface area contributed by atoms with Gasteiger partial charge in [0.05, 0.1) is 11.1 Å². The Morgan fingerprint density at radius 1 is 1.22 bits per heavy atom. The second kappa shape index (κ2) is 6.77. The van der Waals surface area contributed by atoms with Crippen LogP contribution in [0.3, 0.4) is 0 Å². The Kier molecular flexibility index (Phi) is 4.56. The van der Waals surface area contributed by atoms with Gasteiger partial charge < -0.3 is 9.80 Å². The molecule has 7 nitrogen and oxygen atoms in total. The maximum Gasteiger partial charge on any atom is 0.267 e. The van der Waals surface area contributed by atoms with Gasteiger partial charge in [0, 0.05) is 32.2 Å². The van der Waals surface area contributed by atoms with Crippen molar-refractivity contribution in [3.63, 3.8) is 0 Å². The quantitative estimate of drug-likeness (QED) is 0.793. The highest BCUT2D eigenvalue weighted by Gasteiger charge is 2.49. The first-order chi connectivity index (χ1) is 12.9. The fourth-order valence-electron chi connectivity index (χ4n) is 4.42. The number of hydrogen-bond acceptors (Lipinski definition) is 4. The van der Waals surface area contributed by atoms with Crippen molar-refractivity contribution >= 4 is 11.8 Å². The molecule has 1 atom stereocenters. The molecule has 3 fully saturated rings. The third-order valence-corrected chi connectivity index (χ3v) is 6.43. The van der Waals surface area contributed by atoms with E-state index in [2.05, 4.69) is 5.10 Å². The van der Waals surface area contributed by atoms with Crippen LogP contribution in [0.1, 0.15) is 43.4 Å². The van der Waals surface area contributed by atoms with Crippen molar-refractivity contribution in [3.05, 3.63) is 27.7 Å². The highest BCUT2D eigenvalue weighted by Crippen LogP contribution is 2.41. The molecule has 3 aliphatic rings. The van der Waals surface area contributed by atoms with Crippen LogP contribution >= 0.6 is 0 Å². The molecule has 7 heteroatoms. The van der Waals surface area contributed by atoms with E-state index in [1.165, 1.54) is 23.6 Å². The lowest BCUT2D eigenvalue weighted by Crippen LogP contribution is -2.51. The highest BCUT2D eigenvalue weighted by atomic mass is 16.2. The minimum Gasteiger partial charge on any atom is -0.342 e. The summed E-state index contributed by atoms with van der Waals surface area (Å²) in [7, 11) is 0. The zero-order valence-corrected chi connectivity index (χ0v) is 16.2. The maximum absolute atomic E-state index is 13.1. The van der Waals surface area contributed by atoms with E-state index in [1.54, 1.807) is 4.90 Å². The third-order valence-electron chi connectivity index (χ3n) is 6.43.